The van der Waals surface area contributed by atoms with Gasteiger partial charge in [0.25, 0.3) is 0 Å². The maximum atomic E-state index is 5.12. The first kappa shape index (κ1) is 9.81. The maximum Gasteiger partial charge on any atom is 0.107 e. The average Bonchev–Trinajstić information content (AvgIpc) is 2.08. The van der Waals surface area contributed by atoms with Crippen LogP contribution in [0.1, 0.15) is 18.9 Å². The van der Waals surface area contributed by atoms with Crippen molar-refractivity contribution in [1.82, 2.24) is 4.98 Å². The van der Waals surface area contributed by atoms with Crippen molar-refractivity contribution in [2.75, 3.05) is 5.75 Å². The highest BCUT2D eigenvalue weighted by Crippen LogP contribution is 2.22. The van der Waals surface area contributed by atoms with Crippen molar-refractivity contribution < 1.29 is 0 Å². The number of rotatable bonds is 3. The molecule has 12 heavy (non-hydrogen) atoms. The topological polar surface area (TPSA) is 15.8 Å². The molecule has 0 spiro atoms. The summed E-state index contributed by atoms with van der Waals surface area (Å²) in [6.07, 6.45) is 3.11. The summed E-state index contributed by atoms with van der Waals surface area (Å²) in [5.41, 5.74) is 1.20. The second kappa shape index (κ2) is 4.67. The van der Waals surface area contributed by atoms with E-state index >= 15 is 0 Å². The molecule has 66 valence electrons. The normalized spacial score (nSPS) is 10.2. The highest BCUT2D eigenvalue weighted by molar-refractivity contribution is 7.99. The molecule has 0 radical (unpaired) electrons. The van der Waals surface area contributed by atoms with Gasteiger partial charge in [-0.05, 0) is 30.7 Å². The lowest BCUT2D eigenvalue weighted by atomic mass is 10.3. The van der Waals surface area contributed by atoms with E-state index in [1.54, 1.807) is 0 Å². The zero-order valence-electron chi connectivity index (χ0n) is 7.39. The molecule has 1 nitrogen and oxygen atoms in total. The minimum absolute atomic E-state index is 0.858. The van der Waals surface area contributed by atoms with Gasteiger partial charge in [0.1, 0.15) is 4.64 Å². The van der Waals surface area contributed by atoms with Crippen LogP contribution in [0.5, 0.6) is 0 Å². The van der Waals surface area contributed by atoms with Crippen molar-refractivity contribution in [2.24, 2.45) is 0 Å². The summed E-state index contributed by atoms with van der Waals surface area (Å²) in [5.74, 6) is 1.17. The maximum absolute atomic E-state index is 5.12. The standard InChI is InChI=1S/C9H13NS2/c1-3-6-12-8-4-5-10-9(11)7(8)2/h4-5H,3,6H2,1-2H3,(H,10,11). The van der Waals surface area contributed by atoms with Crippen molar-refractivity contribution in [3.63, 3.8) is 0 Å². The van der Waals surface area contributed by atoms with Crippen LogP contribution >= 0.6 is 24.0 Å². The average molecular weight is 199 g/mol. The van der Waals surface area contributed by atoms with E-state index in [0.717, 1.165) is 4.64 Å². The highest BCUT2D eigenvalue weighted by atomic mass is 32.2. The predicted molar refractivity (Wildman–Crippen MR) is 57.4 cm³/mol. The van der Waals surface area contributed by atoms with Gasteiger partial charge in [-0.25, -0.2) is 0 Å². The second-order valence-corrected chi connectivity index (χ2v) is 4.19. The zero-order chi connectivity index (χ0) is 8.97. The first-order valence-corrected chi connectivity index (χ1v) is 5.46. The molecule has 0 bridgehead atoms. The number of H-pyrrole nitrogens is 1. The van der Waals surface area contributed by atoms with Gasteiger partial charge >= 0.3 is 0 Å². The molecule has 0 atom stereocenters. The Morgan fingerprint density at radius 3 is 3.00 bits per heavy atom. The third-order valence-corrected chi connectivity index (χ3v) is 3.41. The molecule has 0 saturated heterocycles. The highest BCUT2D eigenvalue weighted by Gasteiger charge is 1.98. The number of pyridine rings is 1. The molecule has 1 aromatic rings. The molecular weight excluding hydrogens is 186 g/mol. The lowest BCUT2D eigenvalue weighted by Crippen LogP contribution is -1.85. The van der Waals surface area contributed by atoms with Crippen molar-refractivity contribution in [3.8, 4) is 0 Å². The van der Waals surface area contributed by atoms with E-state index < -0.39 is 0 Å². The van der Waals surface area contributed by atoms with Crippen LogP contribution < -0.4 is 0 Å². The summed E-state index contributed by atoms with van der Waals surface area (Å²) in [5, 5.41) is 0. The molecule has 1 rings (SSSR count). The fourth-order valence-electron chi connectivity index (χ4n) is 0.907. The Hall–Kier alpha value is -0.280. The van der Waals surface area contributed by atoms with E-state index in [1.165, 1.54) is 22.6 Å². The van der Waals surface area contributed by atoms with Crippen LogP contribution in [0, 0.1) is 11.6 Å². The van der Waals surface area contributed by atoms with Gasteiger partial charge in [-0.3, -0.25) is 0 Å². The van der Waals surface area contributed by atoms with E-state index in [0.29, 0.717) is 0 Å². The fourth-order valence-corrected chi connectivity index (χ4v) is 2.06. The number of hydrogen-bond donors (Lipinski definition) is 1. The Morgan fingerprint density at radius 2 is 2.33 bits per heavy atom. The molecule has 0 aliphatic carbocycles. The molecule has 0 saturated carbocycles. The zero-order valence-corrected chi connectivity index (χ0v) is 9.02. The number of nitrogens with one attached hydrogen (secondary N) is 1. The SMILES string of the molecule is CCCSc1cc[nH]c(=S)c1C. The quantitative estimate of drug-likeness (QED) is 0.592. The molecule has 3 heteroatoms. The van der Waals surface area contributed by atoms with Crippen molar-refractivity contribution >= 4 is 24.0 Å². The third-order valence-electron chi connectivity index (χ3n) is 1.62. The third kappa shape index (κ3) is 2.35. The number of aromatic nitrogens is 1. The Morgan fingerprint density at radius 1 is 1.58 bits per heavy atom. The molecule has 0 aromatic carbocycles. The van der Waals surface area contributed by atoms with Gasteiger partial charge in [0.15, 0.2) is 0 Å². The summed E-state index contributed by atoms with van der Waals surface area (Å²) in [4.78, 5) is 4.32. The molecule has 0 aliphatic rings. The first-order chi connectivity index (χ1) is 5.75. The molecule has 0 amide bonds. The van der Waals surface area contributed by atoms with Crippen molar-refractivity contribution in [3.05, 3.63) is 22.5 Å². The van der Waals surface area contributed by atoms with Crippen LogP contribution in [-0.4, -0.2) is 10.7 Å². The summed E-state index contributed by atoms with van der Waals surface area (Å²) in [7, 11) is 0. The van der Waals surface area contributed by atoms with Gasteiger partial charge in [0.2, 0.25) is 0 Å². The Bertz CT molecular complexity index is 304. The molecule has 0 fully saturated rings. The summed E-state index contributed by atoms with van der Waals surface area (Å²) in [6, 6.07) is 2.09. The molecular formula is C9H13NS2. The van der Waals surface area contributed by atoms with Crippen LogP contribution in [-0.2, 0) is 0 Å². The van der Waals surface area contributed by atoms with Gasteiger partial charge in [-0.1, -0.05) is 19.1 Å². The molecule has 0 unspecified atom stereocenters. The van der Waals surface area contributed by atoms with E-state index in [2.05, 4.69) is 24.9 Å². The van der Waals surface area contributed by atoms with Gasteiger partial charge in [0.05, 0.1) is 0 Å². The van der Waals surface area contributed by atoms with Gasteiger partial charge in [-0.15, -0.1) is 11.8 Å². The van der Waals surface area contributed by atoms with Gasteiger partial charge in [0, 0.05) is 11.1 Å². The minimum Gasteiger partial charge on any atom is -0.353 e. The van der Waals surface area contributed by atoms with Gasteiger partial charge in [-0.2, -0.15) is 0 Å². The van der Waals surface area contributed by atoms with Crippen LogP contribution in [0.3, 0.4) is 0 Å². The monoisotopic (exact) mass is 199 g/mol. The van der Waals surface area contributed by atoms with E-state index in [9.17, 15) is 0 Å². The molecule has 1 heterocycles. The fraction of sp³-hybridized carbons (Fsp3) is 0.444. The lowest BCUT2D eigenvalue weighted by molar-refractivity contribution is 1.10. The number of hydrogen-bond acceptors (Lipinski definition) is 2. The van der Waals surface area contributed by atoms with E-state index in [-0.39, 0.29) is 0 Å². The van der Waals surface area contributed by atoms with Crippen molar-refractivity contribution in [2.45, 2.75) is 25.2 Å². The molecule has 0 aliphatic heterocycles. The minimum atomic E-state index is 0.858. The molecule has 1 aromatic heterocycles. The first-order valence-electron chi connectivity index (χ1n) is 4.06. The lowest BCUT2D eigenvalue weighted by Gasteiger charge is -2.03. The summed E-state index contributed by atoms with van der Waals surface area (Å²) >= 11 is 7.00. The van der Waals surface area contributed by atoms with E-state index in [1.807, 2.05) is 18.0 Å². The van der Waals surface area contributed by atoms with Crippen LogP contribution in [0.2, 0.25) is 0 Å². The number of aromatic amines is 1. The van der Waals surface area contributed by atoms with E-state index in [4.69, 9.17) is 12.2 Å². The van der Waals surface area contributed by atoms with Crippen LogP contribution in [0.4, 0.5) is 0 Å². The summed E-state index contributed by atoms with van der Waals surface area (Å²) in [6.45, 7) is 4.25. The second-order valence-electron chi connectivity index (χ2n) is 2.64. The smallest absolute Gasteiger partial charge is 0.107 e. The summed E-state index contributed by atoms with van der Waals surface area (Å²) < 4.78 is 0.858. The van der Waals surface area contributed by atoms with Crippen LogP contribution in [0.25, 0.3) is 0 Å². The Kier molecular flexibility index (Phi) is 3.82. The molecule has 1 N–H and O–H groups in total. The predicted octanol–water partition coefficient (Wildman–Crippen LogP) is 3.55. The van der Waals surface area contributed by atoms with Crippen LogP contribution in [0.15, 0.2) is 17.2 Å². The Balaban J connectivity index is 2.85. The Labute approximate surface area is 82.6 Å². The number of thioether (sulfide) groups is 1. The van der Waals surface area contributed by atoms with Crippen molar-refractivity contribution in [1.29, 1.82) is 0 Å². The van der Waals surface area contributed by atoms with Gasteiger partial charge < -0.3 is 4.98 Å². The largest absolute Gasteiger partial charge is 0.353 e.